The van der Waals surface area contributed by atoms with Gasteiger partial charge in [-0.25, -0.2) is 0 Å². The first-order valence-corrected chi connectivity index (χ1v) is 2.64. The second-order valence-corrected chi connectivity index (χ2v) is 1.61. The summed E-state index contributed by atoms with van der Waals surface area (Å²) in [4.78, 5) is 9.00. The van der Waals surface area contributed by atoms with Gasteiger partial charge in [0.15, 0.2) is 0 Å². The van der Waals surface area contributed by atoms with Gasteiger partial charge < -0.3 is 10.2 Å². The summed E-state index contributed by atoms with van der Waals surface area (Å²) in [6.45, 7) is 1.08. The van der Waals surface area contributed by atoms with E-state index in [9.17, 15) is 0 Å². The van der Waals surface area contributed by atoms with Crippen molar-refractivity contribution >= 4 is 18.2 Å². The van der Waals surface area contributed by atoms with Crippen LogP contribution in [0.4, 0.5) is 0 Å². The minimum Gasteiger partial charge on any atom is -0.481 e. The number of H-pyrrole nitrogens is 1. The van der Waals surface area contributed by atoms with Crippen molar-refractivity contribution in [1.29, 1.82) is 0 Å². The molecule has 0 spiro atoms. The molecule has 11 heavy (non-hydrogen) atoms. The van der Waals surface area contributed by atoms with Crippen molar-refractivity contribution in [2.24, 2.45) is 0 Å². The molecule has 0 atom stereocenters. The number of hydrogen-bond acceptors (Lipinski definition) is 4. The molecule has 0 aliphatic heterocycles. The fourth-order valence-electron chi connectivity index (χ4n) is 0.150. The third-order valence-electron chi connectivity index (χ3n) is 0.326. The van der Waals surface area contributed by atoms with Crippen LogP contribution in [-0.4, -0.2) is 26.6 Å². The quantitative estimate of drug-likeness (QED) is 0.322. The van der Waals surface area contributed by atoms with Crippen LogP contribution in [0, 0.1) is 4.77 Å². The topological polar surface area (TPSA) is 93.0 Å². The molecule has 2 N–H and O–H groups in total. The number of aliphatic carboxylic acids is 1. The Hall–Kier alpha value is -0.240. The van der Waals surface area contributed by atoms with Gasteiger partial charge in [0, 0.05) is 6.92 Å². The monoisotopic (exact) mass is 184 g/mol. The Bertz CT molecular complexity index is 225. The number of tetrazole rings is 1. The molecule has 0 aromatic carbocycles. The van der Waals surface area contributed by atoms with Crippen LogP contribution in [0.5, 0.6) is 0 Å². The zero-order chi connectivity index (χ0) is 7.98. The molecule has 0 unspecified atom stereocenters. The van der Waals surface area contributed by atoms with E-state index in [4.69, 9.17) is 9.90 Å². The molecule has 6 nitrogen and oxygen atoms in total. The van der Waals surface area contributed by atoms with E-state index >= 15 is 0 Å². The summed E-state index contributed by atoms with van der Waals surface area (Å²) in [6, 6.07) is 0. The van der Waals surface area contributed by atoms with Crippen LogP contribution >= 0.6 is 12.2 Å². The molecule has 0 amide bonds. The molecule has 0 radical (unpaired) electrons. The van der Waals surface area contributed by atoms with Crippen LogP contribution in [0.1, 0.15) is 6.92 Å². The molecule has 1 heterocycles. The number of carboxylic acid groups (broad SMARTS) is 1. The molecule has 1 aromatic heterocycles. The Morgan fingerprint density at radius 2 is 2.27 bits per heavy atom. The number of rotatable bonds is 0. The first-order chi connectivity index (χ1) is 4.63. The van der Waals surface area contributed by atoms with E-state index in [0.717, 1.165) is 6.92 Å². The summed E-state index contributed by atoms with van der Waals surface area (Å²) in [5, 5.41) is 19.5. The van der Waals surface area contributed by atoms with Gasteiger partial charge in [-0.3, -0.25) is 15.1 Å². The summed E-state index contributed by atoms with van der Waals surface area (Å²) in [5.74, 6) is -0.833. The maximum Gasteiger partial charge on any atom is 1.00 e. The summed E-state index contributed by atoms with van der Waals surface area (Å²) in [5.41, 5.74) is 0. The van der Waals surface area contributed by atoms with Crippen molar-refractivity contribution in [3.05, 3.63) is 4.77 Å². The molecular weight excluding hydrogens is 179 g/mol. The third kappa shape index (κ3) is 12.9. The molecule has 0 saturated carbocycles. The van der Waals surface area contributed by atoms with E-state index in [1.54, 1.807) is 0 Å². The number of aromatic nitrogens is 4. The summed E-state index contributed by atoms with van der Waals surface area (Å²) < 4.78 is 0.329. The summed E-state index contributed by atoms with van der Waals surface area (Å²) in [7, 11) is 0. The molecule has 56 valence electrons. The van der Waals surface area contributed by atoms with Gasteiger partial charge in [0.25, 0.3) is 5.97 Å². The van der Waals surface area contributed by atoms with Crippen molar-refractivity contribution in [2.75, 3.05) is 0 Å². The second kappa shape index (κ2) is 7.86. The van der Waals surface area contributed by atoms with Crippen LogP contribution in [0.25, 0.3) is 0 Å². The maximum atomic E-state index is 9.00. The SMILES string of the molecule is CC(=O)O.S=c1[n-]nn[nH]1.[Na+]. The van der Waals surface area contributed by atoms with Crippen molar-refractivity contribution in [1.82, 2.24) is 20.6 Å². The minimum atomic E-state index is -0.833. The molecule has 1 rings (SSSR count). The van der Waals surface area contributed by atoms with Crippen LogP contribution < -0.4 is 34.7 Å². The summed E-state index contributed by atoms with van der Waals surface area (Å²) >= 11 is 4.45. The average Bonchev–Trinajstić information content (AvgIpc) is 2.15. The smallest absolute Gasteiger partial charge is 0.481 e. The number of hydrogen-bond donors (Lipinski definition) is 2. The largest absolute Gasteiger partial charge is 1.00 e. The van der Waals surface area contributed by atoms with Crippen LogP contribution in [0.3, 0.4) is 0 Å². The molecule has 0 fully saturated rings. The number of aromatic amines is 1. The van der Waals surface area contributed by atoms with Crippen LogP contribution in [0.2, 0.25) is 0 Å². The molecule has 8 heteroatoms. The number of carboxylic acids is 1. The standard InChI is InChI=1S/C2H4O2.CH2N4S.Na/c1-2(3)4;6-1-2-4-5-3-1;/h1H3,(H,3,4);(H2,2,3,4,5,6);/q;;+1/p-1. The zero-order valence-electron chi connectivity index (χ0n) is 6.11. The van der Waals surface area contributed by atoms with Gasteiger partial charge in [-0.2, -0.15) is 5.21 Å². The van der Waals surface area contributed by atoms with Gasteiger partial charge in [0.05, 0.1) is 4.77 Å². The van der Waals surface area contributed by atoms with Gasteiger partial charge in [-0.15, -0.1) is 0 Å². The fraction of sp³-hybridized carbons (Fsp3) is 0.333. The zero-order valence-corrected chi connectivity index (χ0v) is 8.92. The predicted molar refractivity (Wildman–Crippen MR) is 33.8 cm³/mol. The summed E-state index contributed by atoms with van der Waals surface area (Å²) in [6.07, 6.45) is 0. The van der Waals surface area contributed by atoms with Crippen molar-refractivity contribution in [3.8, 4) is 0 Å². The van der Waals surface area contributed by atoms with Gasteiger partial charge in [-0.1, -0.05) is 12.2 Å². The Morgan fingerprint density at radius 3 is 2.36 bits per heavy atom. The maximum absolute atomic E-state index is 9.00. The van der Waals surface area contributed by atoms with E-state index in [-0.39, 0.29) is 29.6 Å². The Kier molecular flexibility index (Phi) is 9.55. The third-order valence-corrected chi connectivity index (χ3v) is 0.499. The van der Waals surface area contributed by atoms with Crippen molar-refractivity contribution < 1.29 is 39.5 Å². The van der Waals surface area contributed by atoms with E-state index in [2.05, 4.69) is 32.8 Å². The number of nitrogens with one attached hydrogen (secondary N) is 1. The predicted octanol–water partition coefficient (Wildman–Crippen LogP) is -3.41. The molecule has 0 saturated heterocycles. The number of carbonyl (C=O) groups is 1. The minimum absolute atomic E-state index is 0. The Labute approximate surface area is 89.7 Å². The first kappa shape index (κ1) is 13.4. The first-order valence-electron chi connectivity index (χ1n) is 2.23. The molecule has 1 aromatic rings. The fourth-order valence-corrected chi connectivity index (χ4v) is 0.228. The van der Waals surface area contributed by atoms with Crippen LogP contribution in [-0.2, 0) is 4.79 Å². The van der Waals surface area contributed by atoms with E-state index in [0.29, 0.717) is 4.77 Å². The van der Waals surface area contributed by atoms with Crippen molar-refractivity contribution in [2.45, 2.75) is 6.92 Å². The molecular formula is C3H5N4NaO2S. The van der Waals surface area contributed by atoms with Crippen LogP contribution in [0.15, 0.2) is 0 Å². The van der Waals surface area contributed by atoms with E-state index < -0.39 is 5.97 Å². The Morgan fingerprint density at radius 1 is 1.82 bits per heavy atom. The van der Waals surface area contributed by atoms with E-state index in [1.807, 2.05) is 0 Å². The van der Waals surface area contributed by atoms with Gasteiger partial charge in [-0.05, 0) is 0 Å². The van der Waals surface area contributed by atoms with Crippen molar-refractivity contribution in [3.63, 3.8) is 0 Å². The number of nitrogens with zero attached hydrogens (tertiary/aromatic N) is 3. The second-order valence-electron chi connectivity index (χ2n) is 1.23. The average molecular weight is 184 g/mol. The van der Waals surface area contributed by atoms with Gasteiger partial charge >= 0.3 is 29.6 Å². The van der Waals surface area contributed by atoms with Gasteiger partial charge in [0.2, 0.25) is 0 Å². The van der Waals surface area contributed by atoms with E-state index in [1.165, 1.54) is 0 Å². The molecule has 0 aliphatic carbocycles. The van der Waals surface area contributed by atoms with Gasteiger partial charge in [0.1, 0.15) is 0 Å². The normalized spacial score (nSPS) is 7.00. The molecule has 0 aliphatic rings. The Balaban J connectivity index is 0. The molecule has 0 bridgehead atoms.